The zero-order valence-electron chi connectivity index (χ0n) is 17.1. The summed E-state index contributed by atoms with van der Waals surface area (Å²) < 4.78 is 1.79. The highest BCUT2D eigenvalue weighted by molar-refractivity contribution is 6.13. The Kier molecular flexibility index (Phi) is 5.45. The maximum absolute atomic E-state index is 13.2. The number of nitrogens with zero attached hydrogens (tertiary/aromatic N) is 4. The van der Waals surface area contributed by atoms with Crippen LogP contribution < -0.4 is 16.4 Å². The van der Waals surface area contributed by atoms with Gasteiger partial charge >= 0.3 is 0 Å². The molecule has 0 radical (unpaired) electrons. The molecular weight excluding hydrogens is 382 g/mol. The Balaban J connectivity index is 1.72. The minimum Gasteiger partial charge on any atom is -0.383 e. The fourth-order valence-corrected chi connectivity index (χ4v) is 3.96. The molecule has 4 rings (SSSR count). The van der Waals surface area contributed by atoms with E-state index in [1.54, 1.807) is 4.68 Å². The van der Waals surface area contributed by atoms with Crippen LogP contribution in [0.15, 0.2) is 18.5 Å². The first-order chi connectivity index (χ1) is 14.5. The summed E-state index contributed by atoms with van der Waals surface area (Å²) in [6, 6.07) is 3.76. The van der Waals surface area contributed by atoms with E-state index in [9.17, 15) is 9.59 Å². The molecule has 0 bridgehead atoms. The standard InChI is InChI=1S/C21H25N7O2/c1-12-13(2)16(6-5-14(12)7-9-29)26-21(30)18-17-19(22)24-11-25-20(17)28(27-18)15-4-3-8-23-10-15/h5-6,9,11,15,23H,3-4,7-8,10H2,1-2H3,(H,26,30)(H2,22,24,25). The van der Waals surface area contributed by atoms with Crippen LogP contribution >= 0.6 is 0 Å². The van der Waals surface area contributed by atoms with Gasteiger partial charge in [0.25, 0.3) is 5.91 Å². The largest absolute Gasteiger partial charge is 0.383 e. The third kappa shape index (κ3) is 3.52. The van der Waals surface area contributed by atoms with E-state index in [-0.39, 0.29) is 23.5 Å². The second-order valence-electron chi connectivity index (χ2n) is 7.60. The number of aldehydes is 1. The molecule has 1 unspecified atom stereocenters. The molecule has 0 saturated carbocycles. The van der Waals surface area contributed by atoms with Crippen LogP contribution in [0.25, 0.3) is 11.0 Å². The van der Waals surface area contributed by atoms with Crippen LogP contribution in [0, 0.1) is 13.8 Å². The number of amides is 1. The molecule has 2 aromatic heterocycles. The van der Waals surface area contributed by atoms with Crippen molar-refractivity contribution in [3.63, 3.8) is 0 Å². The number of nitrogens with two attached hydrogens (primary N) is 1. The number of benzene rings is 1. The summed E-state index contributed by atoms with van der Waals surface area (Å²) in [5.74, 6) is -0.135. The molecule has 1 aliphatic heterocycles. The van der Waals surface area contributed by atoms with Gasteiger partial charge in [0.05, 0.1) is 11.4 Å². The highest BCUT2D eigenvalue weighted by atomic mass is 16.2. The van der Waals surface area contributed by atoms with E-state index < -0.39 is 0 Å². The molecule has 1 aromatic carbocycles. The number of anilines is 2. The van der Waals surface area contributed by atoms with Crippen LogP contribution in [0.5, 0.6) is 0 Å². The van der Waals surface area contributed by atoms with Crippen molar-refractivity contribution in [3.05, 3.63) is 40.8 Å². The van der Waals surface area contributed by atoms with Gasteiger partial charge in [-0.3, -0.25) is 4.79 Å². The van der Waals surface area contributed by atoms with Gasteiger partial charge in [-0.25, -0.2) is 14.6 Å². The normalized spacial score (nSPS) is 16.5. The van der Waals surface area contributed by atoms with Gasteiger partial charge in [0, 0.05) is 18.7 Å². The second kappa shape index (κ2) is 8.19. The summed E-state index contributed by atoms with van der Waals surface area (Å²) in [7, 11) is 0. The SMILES string of the molecule is Cc1c(CC=O)ccc(NC(=O)c2nn(C3CCCNC3)c3ncnc(N)c23)c1C. The quantitative estimate of drug-likeness (QED) is 0.552. The average Bonchev–Trinajstić information content (AvgIpc) is 3.15. The van der Waals surface area contributed by atoms with E-state index in [1.165, 1.54) is 6.33 Å². The maximum Gasteiger partial charge on any atom is 0.277 e. The Morgan fingerprint density at radius 1 is 1.33 bits per heavy atom. The molecule has 9 nitrogen and oxygen atoms in total. The van der Waals surface area contributed by atoms with Crippen molar-refractivity contribution in [1.82, 2.24) is 25.1 Å². The molecule has 1 amide bonds. The molecule has 1 saturated heterocycles. The minimum atomic E-state index is -0.366. The van der Waals surface area contributed by atoms with E-state index in [0.29, 0.717) is 23.1 Å². The van der Waals surface area contributed by atoms with Crippen molar-refractivity contribution < 1.29 is 9.59 Å². The van der Waals surface area contributed by atoms with Crippen LogP contribution in [0.3, 0.4) is 0 Å². The van der Waals surface area contributed by atoms with Crippen molar-refractivity contribution in [2.45, 2.75) is 39.2 Å². The van der Waals surface area contributed by atoms with E-state index in [1.807, 2.05) is 26.0 Å². The number of aromatic nitrogens is 4. The average molecular weight is 407 g/mol. The Morgan fingerprint density at radius 3 is 2.90 bits per heavy atom. The maximum atomic E-state index is 13.2. The molecule has 1 aliphatic rings. The minimum absolute atomic E-state index is 0.101. The highest BCUT2D eigenvalue weighted by Crippen LogP contribution is 2.28. The highest BCUT2D eigenvalue weighted by Gasteiger charge is 2.26. The summed E-state index contributed by atoms with van der Waals surface area (Å²) in [6.07, 6.45) is 4.60. The van der Waals surface area contributed by atoms with Crippen molar-refractivity contribution in [2.24, 2.45) is 0 Å². The Bertz CT molecular complexity index is 1120. The lowest BCUT2D eigenvalue weighted by Gasteiger charge is -2.23. The van der Waals surface area contributed by atoms with Crippen molar-refractivity contribution >= 4 is 34.7 Å². The summed E-state index contributed by atoms with van der Waals surface area (Å²) in [6.45, 7) is 5.59. The number of carbonyl (C=O) groups excluding carboxylic acids is 2. The van der Waals surface area contributed by atoms with Crippen molar-refractivity contribution in [2.75, 3.05) is 24.1 Å². The van der Waals surface area contributed by atoms with Crippen LogP contribution in [-0.2, 0) is 11.2 Å². The van der Waals surface area contributed by atoms with Crippen LogP contribution in [0.4, 0.5) is 11.5 Å². The first-order valence-electron chi connectivity index (χ1n) is 10.0. The van der Waals surface area contributed by atoms with Gasteiger partial charge < -0.3 is 21.2 Å². The van der Waals surface area contributed by atoms with Crippen molar-refractivity contribution in [3.8, 4) is 0 Å². The molecular formula is C21H25N7O2. The van der Waals surface area contributed by atoms with Gasteiger partial charge in [-0.1, -0.05) is 6.07 Å². The predicted octanol–water partition coefficient (Wildman–Crippen LogP) is 1.94. The zero-order valence-corrected chi connectivity index (χ0v) is 17.1. The summed E-state index contributed by atoms with van der Waals surface area (Å²) in [5, 5.41) is 11.4. The molecule has 1 fully saturated rings. The number of nitrogens with one attached hydrogen (secondary N) is 2. The predicted molar refractivity (Wildman–Crippen MR) is 115 cm³/mol. The summed E-state index contributed by atoms with van der Waals surface area (Å²) in [4.78, 5) is 32.5. The number of nitrogen functional groups attached to an aromatic ring is 1. The third-order valence-corrected chi connectivity index (χ3v) is 5.80. The Labute approximate surface area is 174 Å². The van der Waals surface area contributed by atoms with Crippen LogP contribution in [0.2, 0.25) is 0 Å². The van der Waals surface area contributed by atoms with Gasteiger partial charge in [0.15, 0.2) is 11.3 Å². The fraction of sp³-hybridized carbons (Fsp3) is 0.381. The summed E-state index contributed by atoms with van der Waals surface area (Å²) >= 11 is 0. The number of carbonyl (C=O) groups is 2. The molecule has 3 heterocycles. The molecule has 3 aromatic rings. The second-order valence-corrected chi connectivity index (χ2v) is 7.60. The number of piperidine rings is 1. The van der Waals surface area contributed by atoms with Gasteiger partial charge in [-0.2, -0.15) is 5.10 Å². The van der Waals surface area contributed by atoms with Crippen LogP contribution in [-0.4, -0.2) is 45.0 Å². The lowest BCUT2D eigenvalue weighted by Crippen LogP contribution is -2.32. The Hall–Kier alpha value is -3.33. The van der Waals surface area contributed by atoms with Gasteiger partial charge in [-0.15, -0.1) is 0 Å². The van der Waals surface area contributed by atoms with Crippen LogP contribution in [0.1, 0.15) is 46.1 Å². The number of rotatable bonds is 5. The lowest BCUT2D eigenvalue weighted by molar-refractivity contribution is -0.107. The number of hydrogen-bond donors (Lipinski definition) is 3. The van der Waals surface area contributed by atoms with Gasteiger partial charge in [0.2, 0.25) is 0 Å². The molecule has 4 N–H and O–H groups in total. The van der Waals surface area contributed by atoms with E-state index in [0.717, 1.165) is 48.9 Å². The fourth-order valence-electron chi connectivity index (χ4n) is 3.96. The van der Waals surface area contributed by atoms with Gasteiger partial charge in [-0.05, 0) is 56.0 Å². The summed E-state index contributed by atoms with van der Waals surface area (Å²) in [5.41, 5.74) is 10.4. The van der Waals surface area contributed by atoms with E-state index in [4.69, 9.17) is 5.73 Å². The first kappa shape index (κ1) is 20.0. The van der Waals surface area contributed by atoms with E-state index >= 15 is 0 Å². The molecule has 30 heavy (non-hydrogen) atoms. The topological polar surface area (TPSA) is 128 Å². The van der Waals surface area contributed by atoms with Gasteiger partial charge in [0.1, 0.15) is 18.4 Å². The third-order valence-electron chi connectivity index (χ3n) is 5.80. The van der Waals surface area contributed by atoms with Crippen molar-refractivity contribution in [1.29, 1.82) is 0 Å². The molecule has 156 valence electrons. The molecule has 0 spiro atoms. The zero-order chi connectivity index (χ0) is 21.3. The smallest absolute Gasteiger partial charge is 0.277 e. The first-order valence-corrected chi connectivity index (χ1v) is 10.0. The van der Waals surface area contributed by atoms with E-state index in [2.05, 4.69) is 25.7 Å². The molecule has 9 heteroatoms. The number of fused-ring (bicyclic) bond motifs is 1. The lowest BCUT2D eigenvalue weighted by atomic mass is 9.99. The monoisotopic (exact) mass is 407 g/mol. The number of hydrogen-bond acceptors (Lipinski definition) is 7. The Morgan fingerprint density at radius 2 is 2.17 bits per heavy atom. The molecule has 0 aliphatic carbocycles. The molecule has 1 atom stereocenters.